The molecule has 16 heteroatoms. The summed E-state index contributed by atoms with van der Waals surface area (Å²) in [7, 11) is 0. The lowest BCUT2D eigenvalue weighted by molar-refractivity contribution is -0.136. The van der Waals surface area contributed by atoms with Crippen LogP contribution in [-0.4, -0.2) is 148 Å². The number of fused-ring (bicyclic) bond motifs is 1. The Hall–Kier alpha value is -6.31. The van der Waals surface area contributed by atoms with Crippen LogP contribution in [0.2, 0.25) is 0 Å². The standard InChI is InChI=1S/C49H58N10O6/c60-43(17-13-36-9-7-23-50-34-36)51-24-4-3-8-35-19-26-58(27-20-35)48(64)40-14-16-42(54-53-40)57-28-21-38(22-29-57)56-32-30-55(31-33-56)25-5-1-2-10-37-11-6-12-39-45(37)49(65)59(47(39)63)41-15-18-44(61)52-46(41)62/h6-7,9,11-14,16-17,23,34-35,38,41H,1,3-5,8,15,18-22,24-33H2,(H,51,60)(H,52,61,62)/b17-13+. The van der Waals surface area contributed by atoms with Crippen LogP contribution < -0.4 is 15.5 Å². The minimum absolute atomic E-state index is 0.0524. The summed E-state index contributed by atoms with van der Waals surface area (Å²) in [6.07, 6.45) is 15.6. The van der Waals surface area contributed by atoms with E-state index in [1.54, 1.807) is 42.7 Å². The number of benzene rings is 1. The molecule has 4 fully saturated rings. The van der Waals surface area contributed by atoms with Crippen molar-refractivity contribution in [1.29, 1.82) is 0 Å². The Morgan fingerprint density at radius 2 is 1.65 bits per heavy atom. The smallest absolute Gasteiger partial charge is 0.274 e. The van der Waals surface area contributed by atoms with Crippen LogP contribution in [0.3, 0.4) is 0 Å². The van der Waals surface area contributed by atoms with E-state index in [1.165, 1.54) is 0 Å². The fraction of sp³-hybridized carbons (Fsp3) is 0.490. The normalized spacial score (nSPS) is 20.2. The summed E-state index contributed by atoms with van der Waals surface area (Å²) < 4.78 is 0. The third-order valence-electron chi connectivity index (χ3n) is 13.4. The van der Waals surface area contributed by atoms with Gasteiger partial charge in [0.25, 0.3) is 17.7 Å². The Labute approximate surface area is 380 Å². The monoisotopic (exact) mass is 882 g/mol. The van der Waals surface area contributed by atoms with Crippen LogP contribution >= 0.6 is 0 Å². The molecule has 340 valence electrons. The maximum Gasteiger partial charge on any atom is 0.274 e. The molecule has 5 aliphatic rings. The molecule has 8 rings (SSSR count). The van der Waals surface area contributed by atoms with Gasteiger partial charge < -0.3 is 20.0 Å². The Balaban J connectivity index is 0.691. The van der Waals surface area contributed by atoms with Crippen molar-refractivity contribution in [2.45, 2.75) is 82.7 Å². The number of carbonyl (C=O) groups excluding carboxylic acids is 6. The van der Waals surface area contributed by atoms with Gasteiger partial charge in [0.2, 0.25) is 17.7 Å². The van der Waals surface area contributed by atoms with E-state index in [9.17, 15) is 28.8 Å². The van der Waals surface area contributed by atoms with Gasteiger partial charge in [0.05, 0.1) is 11.1 Å². The molecule has 0 bridgehead atoms. The number of carbonyl (C=O) groups is 6. The minimum atomic E-state index is -1.00. The van der Waals surface area contributed by atoms with Gasteiger partial charge in [-0.2, -0.15) is 0 Å². The van der Waals surface area contributed by atoms with Gasteiger partial charge >= 0.3 is 0 Å². The van der Waals surface area contributed by atoms with E-state index < -0.39 is 29.7 Å². The van der Waals surface area contributed by atoms with E-state index in [0.29, 0.717) is 36.2 Å². The topological polar surface area (TPSA) is 181 Å². The first-order chi connectivity index (χ1) is 31.7. The van der Waals surface area contributed by atoms with Crippen LogP contribution in [0.4, 0.5) is 5.82 Å². The highest BCUT2D eigenvalue weighted by atomic mass is 16.2. The summed E-state index contributed by atoms with van der Waals surface area (Å²) in [5, 5.41) is 14.1. The van der Waals surface area contributed by atoms with E-state index >= 15 is 0 Å². The summed E-state index contributed by atoms with van der Waals surface area (Å²) >= 11 is 0. The predicted octanol–water partition coefficient (Wildman–Crippen LogP) is 3.54. The van der Waals surface area contributed by atoms with Gasteiger partial charge in [0, 0.05) is 102 Å². The van der Waals surface area contributed by atoms with E-state index in [-0.39, 0.29) is 35.8 Å². The number of aromatic nitrogens is 3. The Morgan fingerprint density at radius 1 is 0.831 bits per heavy atom. The molecule has 0 spiro atoms. The van der Waals surface area contributed by atoms with Crippen molar-refractivity contribution in [3.8, 4) is 11.8 Å². The lowest BCUT2D eigenvalue weighted by atomic mass is 9.91. The molecule has 16 nitrogen and oxygen atoms in total. The van der Waals surface area contributed by atoms with Crippen molar-refractivity contribution in [3.05, 3.63) is 88.9 Å². The molecule has 1 atom stereocenters. The largest absolute Gasteiger partial charge is 0.355 e. The third-order valence-corrected chi connectivity index (χ3v) is 13.4. The number of likely N-dealkylation sites (tertiary alicyclic amines) is 1. The molecular formula is C49H58N10O6. The number of nitrogens with one attached hydrogen (secondary N) is 2. The average Bonchev–Trinajstić information content (AvgIpc) is 3.59. The molecule has 0 aliphatic carbocycles. The summed E-state index contributed by atoms with van der Waals surface area (Å²) in [5.74, 6) is 5.46. The van der Waals surface area contributed by atoms with Crippen LogP contribution in [0.5, 0.6) is 0 Å². The molecule has 7 heterocycles. The summed E-state index contributed by atoms with van der Waals surface area (Å²) in [6.45, 7) is 8.86. The fourth-order valence-corrected chi connectivity index (χ4v) is 9.65. The van der Waals surface area contributed by atoms with Crippen LogP contribution in [0.25, 0.3) is 6.08 Å². The number of piperidine rings is 3. The molecule has 2 N–H and O–H groups in total. The number of amides is 6. The zero-order valence-electron chi connectivity index (χ0n) is 37.0. The molecule has 3 aromatic rings. The summed E-state index contributed by atoms with van der Waals surface area (Å²) in [4.78, 5) is 90.3. The lowest BCUT2D eigenvalue weighted by Gasteiger charge is -2.43. The van der Waals surface area contributed by atoms with E-state index in [1.807, 2.05) is 29.2 Å². The number of unbranched alkanes of at least 4 members (excludes halogenated alkanes) is 2. The Kier molecular flexibility index (Phi) is 15.0. The van der Waals surface area contributed by atoms with Crippen LogP contribution in [0.15, 0.2) is 60.9 Å². The van der Waals surface area contributed by atoms with Gasteiger partial charge in [-0.05, 0) is 99.4 Å². The van der Waals surface area contributed by atoms with E-state index in [4.69, 9.17) is 0 Å². The zero-order valence-corrected chi connectivity index (χ0v) is 37.0. The number of piperazine rings is 1. The highest BCUT2D eigenvalue weighted by molar-refractivity contribution is 6.24. The first kappa shape index (κ1) is 45.3. The molecule has 6 amide bonds. The first-order valence-electron chi connectivity index (χ1n) is 23.3. The average molecular weight is 883 g/mol. The van der Waals surface area contributed by atoms with Crippen molar-refractivity contribution < 1.29 is 28.8 Å². The van der Waals surface area contributed by atoms with Crippen molar-refractivity contribution in [2.24, 2.45) is 5.92 Å². The number of hydrogen-bond donors (Lipinski definition) is 2. The second-order valence-corrected chi connectivity index (χ2v) is 17.6. The number of rotatable bonds is 14. The molecular weight excluding hydrogens is 825 g/mol. The number of hydrogen-bond acceptors (Lipinski definition) is 12. The Morgan fingerprint density at radius 3 is 2.38 bits per heavy atom. The molecule has 1 unspecified atom stereocenters. The maximum absolute atomic E-state index is 13.4. The predicted molar refractivity (Wildman–Crippen MR) is 243 cm³/mol. The lowest BCUT2D eigenvalue weighted by Crippen LogP contribution is -2.54. The van der Waals surface area contributed by atoms with Crippen LogP contribution in [0.1, 0.15) is 113 Å². The molecule has 5 aliphatic heterocycles. The Bertz CT molecular complexity index is 2300. The molecule has 1 aromatic carbocycles. The SMILES string of the molecule is O=C(/C=C/c1cccnc1)NCCCCC1CCN(C(=O)c2ccc(N3CCC(N4CCN(CCCC#Cc5cccc6c5C(=O)N(C5CCC(=O)NC5=O)C6=O)CC4)CC3)nn2)CC1. The molecule has 65 heavy (non-hydrogen) atoms. The van der Waals surface area contributed by atoms with Gasteiger partial charge in [0.15, 0.2) is 11.5 Å². The maximum atomic E-state index is 13.4. The molecule has 0 radical (unpaired) electrons. The van der Waals surface area contributed by atoms with Gasteiger partial charge in [-0.3, -0.25) is 48.9 Å². The van der Waals surface area contributed by atoms with Crippen molar-refractivity contribution >= 4 is 47.3 Å². The van der Waals surface area contributed by atoms with Crippen molar-refractivity contribution in [1.82, 2.24) is 45.4 Å². The van der Waals surface area contributed by atoms with Crippen LogP contribution in [0, 0.1) is 17.8 Å². The number of anilines is 1. The first-order valence-corrected chi connectivity index (χ1v) is 23.3. The number of nitrogens with zero attached hydrogens (tertiary/aromatic N) is 8. The zero-order chi connectivity index (χ0) is 45.1. The van der Waals surface area contributed by atoms with Gasteiger partial charge in [-0.15, -0.1) is 10.2 Å². The quantitative estimate of drug-likeness (QED) is 0.104. The summed E-state index contributed by atoms with van der Waals surface area (Å²) in [6, 6.07) is 12.0. The van der Waals surface area contributed by atoms with Crippen molar-refractivity contribution in [2.75, 3.05) is 70.3 Å². The van der Waals surface area contributed by atoms with Crippen molar-refractivity contribution in [3.63, 3.8) is 0 Å². The molecule has 4 saturated heterocycles. The van der Waals surface area contributed by atoms with E-state index in [2.05, 4.69) is 52.4 Å². The van der Waals surface area contributed by atoms with E-state index in [0.717, 1.165) is 127 Å². The van der Waals surface area contributed by atoms with Crippen LogP contribution in [-0.2, 0) is 14.4 Å². The highest BCUT2D eigenvalue weighted by Gasteiger charge is 2.45. The second kappa shape index (κ2) is 21.6. The minimum Gasteiger partial charge on any atom is -0.355 e. The van der Waals surface area contributed by atoms with Gasteiger partial charge in [-0.25, -0.2) is 0 Å². The number of pyridine rings is 1. The number of imide groups is 2. The fourth-order valence-electron chi connectivity index (χ4n) is 9.65. The van der Waals surface area contributed by atoms with Gasteiger partial charge in [-0.1, -0.05) is 36.8 Å². The molecule has 2 aromatic heterocycles. The second-order valence-electron chi connectivity index (χ2n) is 17.6. The van der Waals surface area contributed by atoms with Gasteiger partial charge in [0.1, 0.15) is 6.04 Å². The third kappa shape index (κ3) is 11.3. The summed E-state index contributed by atoms with van der Waals surface area (Å²) in [5.41, 5.74) is 2.24. The highest BCUT2D eigenvalue weighted by Crippen LogP contribution is 2.30. The molecule has 0 saturated carbocycles.